The van der Waals surface area contributed by atoms with Crippen LogP contribution in [0.3, 0.4) is 0 Å². The van der Waals surface area contributed by atoms with Crippen molar-refractivity contribution >= 4 is 45.0 Å². The first-order valence-corrected chi connectivity index (χ1v) is 10.4. The Balaban J connectivity index is 1.50. The minimum atomic E-state index is -0.575. The van der Waals surface area contributed by atoms with Crippen LogP contribution < -0.4 is 9.64 Å². The largest absolute Gasteiger partial charge is 0.497 e. The number of hydrogen-bond acceptors (Lipinski definition) is 7. The van der Waals surface area contributed by atoms with Gasteiger partial charge in [0, 0.05) is 23.3 Å². The SMILES string of the molecule is COc1ccc2oc(C(=O)OCc3csc(N(C(C)=O)c4ccccc4)n3)c(C)c2c1. The molecule has 2 aromatic carbocycles. The number of anilines is 2. The van der Waals surface area contributed by atoms with Crippen molar-refractivity contribution in [3.05, 3.63) is 70.9 Å². The summed E-state index contributed by atoms with van der Waals surface area (Å²) in [5, 5.41) is 3.07. The summed E-state index contributed by atoms with van der Waals surface area (Å²) in [6.07, 6.45) is 0. The highest BCUT2D eigenvalue weighted by molar-refractivity contribution is 7.14. The maximum Gasteiger partial charge on any atom is 0.374 e. The molecule has 8 heteroatoms. The number of nitrogens with zero attached hydrogens (tertiary/aromatic N) is 2. The van der Waals surface area contributed by atoms with Gasteiger partial charge < -0.3 is 13.9 Å². The molecule has 0 atom stereocenters. The number of hydrogen-bond donors (Lipinski definition) is 0. The van der Waals surface area contributed by atoms with E-state index in [9.17, 15) is 9.59 Å². The third-order valence-corrected chi connectivity index (χ3v) is 5.61. The molecule has 0 saturated heterocycles. The molecule has 2 aromatic heterocycles. The topological polar surface area (TPSA) is 81.9 Å². The lowest BCUT2D eigenvalue weighted by Gasteiger charge is -2.17. The van der Waals surface area contributed by atoms with E-state index in [2.05, 4.69) is 4.98 Å². The maximum absolute atomic E-state index is 12.6. The van der Waals surface area contributed by atoms with Crippen molar-refractivity contribution < 1.29 is 23.5 Å². The van der Waals surface area contributed by atoms with Gasteiger partial charge in [0.25, 0.3) is 0 Å². The Kier molecular flexibility index (Phi) is 5.73. The van der Waals surface area contributed by atoms with Crippen LogP contribution in [0.4, 0.5) is 10.8 Å². The highest BCUT2D eigenvalue weighted by atomic mass is 32.1. The van der Waals surface area contributed by atoms with Crippen molar-refractivity contribution in [3.8, 4) is 5.75 Å². The van der Waals surface area contributed by atoms with Crippen molar-refractivity contribution in [2.45, 2.75) is 20.5 Å². The molecule has 0 aliphatic rings. The summed E-state index contributed by atoms with van der Waals surface area (Å²) < 4.78 is 16.3. The van der Waals surface area contributed by atoms with Crippen LogP contribution in [0.5, 0.6) is 5.75 Å². The minimum absolute atomic E-state index is 0.0321. The molecule has 0 aliphatic carbocycles. The summed E-state index contributed by atoms with van der Waals surface area (Å²) in [7, 11) is 1.58. The van der Waals surface area contributed by atoms with Crippen LogP contribution in [0.2, 0.25) is 0 Å². The minimum Gasteiger partial charge on any atom is -0.497 e. The number of ether oxygens (including phenoxy) is 2. The molecule has 0 N–H and O–H groups in total. The monoisotopic (exact) mass is 436 g/mol. The number of aryl methyl sites for hydroxylation is 1. The number of carbonyl (C=O) groups is 2. The maximum atomic E-state index is 12.6. The first-order valence-electron chi connectivity index (χ1n) is 9.52. The fourth-order valence-electron chi connectivity index (χ4n) is 3.20. The van der Waals surface area contributed by atoms with E-state index in [4.69, 9.17) is 13.9 Å². The predicted molar refractivity (Wildman–Crippen MR) is 118 cm³/mol. The van der Waals surface area contributed by atoms with E-state index >= 15 is 0 Å². The van der Waals surface area contributed by atoms with Crippen molar-refractivity contribution in [2.75, 3.05) is 12.0 Å². The zero-order valence-corrected chi connectivity index (χ0v) is 18.1. The summed E-state index contributed by atoms with van der Waals surface area (Å²) in [5.41, 5.74) is 2.54. The second-order valence-corrected chi connectivity index (χ2v) is 7.64. The van der Waals surface area contributed by atoms with Crippen LogP contribution in [-0.4, -0.2) is 24.0 Å². The van der Waals surface area contributed by atoms with Crippen LogP contribution in [0, 0.1) is 6.92 Å². The van der Waals surface area contributed by atoms with Gasteiger partial charge in [-0.15, -0.1) is 11.3 Å². The van der Waals surface area contributed by atoms with Gasteiger partial charge in [-0.25, -0.2) is 9.78 Å². The van der Waals surface area contributed by atoms with E-state index in [-0.39, 0.29) is 18.3 Å². The lowest BCUT2D eigenvalue weighted by Crippen LogP contribution is -2.22. The Bertz CT molecular complexity index is 1250. The van der Waals surface area contributed by atoms with E-state index in [0.29, 0.717) is 27.7 Å². The van der Waals surface area contributed by atoms with Crippen LogP contribution in [0.15, 0.2) is 58.3 Å². The Morgan fingerprint density at radius 1 is 1.16 bits per heavy atom. The van der Waals surface area contributed by atoms with Gasteiger partial charge in [-0.3, -0.25) is 9.69 Å². The number of aromatic nitrogens is 1. The summed E-state index contributed by atoms with van der Waals surface area (Å²) in [6.45, 7) is 3.25. The van der Waals surface area contributed by atoms with Gasteiger partial charge in [0.05, 0.1) is 18.5 Å². The van der Waals surface area contributed by atoms with E-state index in [0.717, 1.165) is 11.1 Å². The molecular weight excluding hydrogens is 416 g/mol. The van der Waals surface area contributed by atoms with Gasteiger partial charge in [0.1, 0.15) is 17.9 Å². The van der Waals surface area contributed by atoms with Gasteiger partial charge in [-0.2, -0.15) is 0 Å². The molecule has 0 unspecified atom stereocenters. The van der Waals surface area contributed by atoms with Gasteiger partial charge in [0.15, 0.2) is 5.13 Å². The first kappa shape index (κ1) is 20.6. The molecule has 0 saturated carbocycles. The molecule has 31 heavy (non-hydrogen) atoms. The Morgan fingerprint density at radius 2 is 1.94 bits per heavy atom. The number of para-hydroxylation sites is 1. The van der Waals surface area contributed by atoms with E-state index in [1.807, 2.05) is 36.4 Å². The summed E-state index contributed by atoms with van der Waals surface area (Å²) in [6, 6.07) is 14.6. The molecule has 158 valence electrons. The van der Waals surface area contributed by atoms with Gasteiger partial charge in [-0.1, -0.05) is 18.2 Å². The standard InChI is InChI=1S/C23H20N2O5S/c1-14-19-11-18(28-3)9-10-20(19)30-21(14)22(27)29-12-16-13-31-23(24-16)25(15(2)26)17-7-5-4-6-8-17/h4-11,13H,12H2,1-3H3. The zero-order valence-electron chi connectivity index (χ0n) is 17.2. The van der Waals surface area contributed by atoms with Crippen molar-refractivity contribution in [1.82, 2.24) is 4.98 Å². The van der Waals surface area contributed by atoms with Crippen LogP contribution >= 0.6 is 11.3 Å². The summed E-state index contributed by atoms with van der Waals surface area (Å²) in [4.78, 5) is 30.7. The molecular formula is C23H20N2O5S. The second kappa shape index (κ2) is 8.61. The van der Waals surface area contributed by atoms with Crippen LogP contribution in [0.25, 0.3) is 11.0 Å². The molecule has 2 heterocycles. The number of amides is 1. The number of furan rings is 1. The Hall–Kier alpha value is -3.65. The number of rotatable bonds is 6. The average molecular weight is 436 g/mol. The van der Waals surface area contributed by atoms with E-state index < -0.39 is 5.97 Å². The van der Waals surface area contributed by atoms with Crippen LogP contribution in [-0.2, 0) is 16.1 Å². The highest BCUT2D eigenvalue weighted by Crippen LogP contribution is 2.31. The number of thiazole rings is 1. The predicted octanol–water partition coefficient (Wildman–Crippen LogP) is 5.25. The molecule has 1 amide bonds. The fraction of sp³-hybridized carbons (Fsp3) is 0.174. The normalized spacial score (nSPS) is 10.8. The summed E-state index contributed by atoms with van der Waals surface area (Å²) >= 11 is 1.30. The zero-order chi connectivity index (χ0) is 22.0. The van der Waals surface area contributed by atoms with Crippen molar-refractivity contribution in [2.24, 2.45) is 0 Å². The summed E-state index contributed by atoms with van der Waals surface area (Å²) in [5.74, 6) is 0.0965. The molecule has 0 fully saturated rings. The van der Waals surface area contributed by atoms with Gasteiger partial charge in [0.2, 0.25) is 11.7 Å². The molecule has 0 spiro atoms. The molecule has 4 rings (SSSR count). The lowest BCUT2D eigenvalue weighted by molar-refractivity contribution is -0.115. The first-order chi connectivity index (χ1) is 15.0. The van der Waals surface area contributed by atoms with Crippen molar-refractivity contribution in [3.63, 3.8) is 0 Å². The molecule has 7 nitrogen and oxygen atoms in total. The Labute approximate surface area is 182 Å². The quantitative estimate of drug-likeness (QED) is 0.384. The third kappa shape index (κ3) is 4.15. The van der Waals surface area contributed by atoms with Gasteiger partial charge >= 0.3 is 5.97 Å². The number of carbonyl (C=O) groups excluding carboxylic acids is 2. The Morgan fingerprint density at radius 3 is 2.65 bits per heavy atom. The van der Waals surface area contributed by atoms with Gasteiger partial charge in [-0.05, 0) is 37.3 Å². The fourth-order valence-corrected chi connectivity index (χ4v) is 4.07. The third-order valence-electron chi connectivity index (χ3n) is 4.74. The number of methoxy groups -OCH3 is 1. The number of benzene rings is 2. The van der Waals surface area contributed by atoms with Crippen molar-refractivity contribution in [1.29, 1.82) is 0 Å². The molecule has 4 aromatic rings. The molecule has 0 aliphatic heterocycles. The number of esters is 1. The molecule has 0 radical (unpaired) electrons. The lowest BCUT2D eigenvalue weighted by atomic mass is 10.1. The van der Waals surface area contributed by atoms with E-state index in [1.165, 1.54) is 23.2 Å². The molecule has 0 bridgehead atoms. The second-order valence-electron chi connectivity index (χ2n) is 6.81. The smallest absolute Gasteiger partial charge is 0.374 e. The van der Waals surface area contributed by atoms with E-state index in [1.54, 1.807) is 31.5 Å². The average Bonchev–Trinajstić information content (AvgIpc) is 3.37. The van der Waals surface area contributed by atoms with Crippen LogP contribution in [0.1, 0.15) is 28.7 Å². The highest BCUT2D eigenvalue weighted by Gasteiger charge is 2.21. The number of fused-ring (bicyclic) bond motifs is 1.